The van der Waals surface area contributed by atoms with Gasteiger partial charge in [-0.3, -0.25) is 9.82 Å². The summed E-state index contributed by atoms with van der Waals surface area (Å²) in [6.07, 6.45) is 0.763. The van der Waals surface area contributed by atoms with Crippen molar-refractivity contribution in [2.45, 2.75) is 32.1 Å². The highest BCUT2D eigenvalue weighted by Crippen LogP contribution is 2.23. The molecule has 7 heteroatoms. The number of nitrogens with zero attached hydrogens (tertiary/aromatic N) is 1. The first kappa shape index (κ1) is 14.4. The van der Waals surface area contributed by atoms with Gasteiger partial charge in [-0.2, -0.15) is 5.10 Å². The summed E-state index contributed by atoms with van der Waals surface area (Å²) in [5, 5.41) is 6.70. The highest BCUT2D eigenvalue weighted by Gasteiger charge is 2.18. The molecule has 0 unspecified atom stereocenters. The Labute approximate surface area is 118 Å². The maximum Gasteiger partial charge on any atom is 0.262 e. The summed E-state index contributed by atoms with van der Waals surface area (Å²) in [7, 11) is -3.67. The molecule has 0 aliphatic rings. The number of rotatable bonds is 4. The van der Waals surface area contributed by atoms with Gasteiger partial charge < -0.3 is 5.73 Å². The molecule has 0 aliphatic carbocycles. The highest BCUT2D eigenvalue weighted by molar-refractivity contribution is 7.92. The van der Waals surface area contributed by atoms with Gasteiger partial charge in [-0.25, -0.2) is 8.42 Å². The molecular weight excluding hydrogens is 276 g/mol. The van der Waals surface area contributed by atoms with Crippen molar-refractivity contribution in [3.8, 4) is 0 Å². The summed E-state index contributed by atoms with van der Waals surface area (Å²) in [5.74, 6) is 0. The van der Waals surface area contributed by atoms with Gasteiger partial charge in [-0.1, -0.05) is 13.0 Å². The van der Waals surface area contributed by atoms with Crippen LogP contribution in [0.5, 0.6) is 0 Å². The van der Waals surface area contributed by atoms with Crippen LogP contribution in [-0.2, 0) is 16.4 Å². The molecule has 0 bridgehead atoms. The Morgan fingerprint density at radius 2 is 2.05 bits per heavy atom. The van der Waals surface area contributed by atoms with Crippen molar-refractivity contribution >= 4 is 21.4 Å². The first-order valence-corrected chi connectivity index (χ1v) is 7.76. The van der Waals surface area contributed by atoms with Crippen molar-refractivity contribution in [1.29, 1.82) is 0 Å². The molecule has 2 aromatic rings. The van der Waals surface area contributed by atoms with E-state index in [0.717, 1.165) is 12.0 Å². The van der Waals surface area contributed by atoms with Crippen LogP contribution in [0.1, 0.15) is 23.9 Å². The van der Waals surface area contributed by atoms with E-state index in [-0.39, 0.29) is 4.90 Å². The molecule has 1 heterocycles. The predicted molar refractivity (Wildman–Crippen MR) is 79.1 cm³/mol. The van der Waals surface area contributed by atoms with Gasteiger partial charge in [0.1, 0.15) is 0 Å². The van der Waals surface area contributed by atoms with E-state index in [9.17, 15) is 8.42 Å². The van der Waals surface area contributed by atoms with E-state index in [2.05, 4.69) is 14.9 Å². The van der Waals surface area contributed by atoms with Gasteiger partial charge in [0.15, 0.2) is 0 Å². The van der Waals surface area contributed by atoms with Gasteiger partial charge in [0.05, 0.1) is 22.0 Å². The molecule has 0 radical (unpaired) electrons. The van der Waals surface area contributed by atoms with Gasteiger partial charge in [0.2, 0.25) is 0 Å². The second-order valence-electron chi connectivity index (χ2n) is 4.63. The van der Waals surface area contributed by atoms with Gasteiger partial charge in [-0.15, -0.1) is 0 Å². The van der Waals surface area contributed by atoms with E-state index >= 15 is 0 Å². The topological polar surface area (TPSA) is 101 Å². The maximum atomic E-state index is 12.3. The van der Waals surface area contributed by atoms with Crippen molar-refractivity contribution in [3.05, 3.63) is 35.2 Å². The molecule has 0 spiro atoms. The van der Waals surface area contributed by atoms with Crippen LogP contribution in [0.3, 0.4) is 0 Å². The average Bonchev–Trinajstić information content (AvgIpc) is 2.70. The molecule has 20 heavy (non-hydrogen) atoms. The lowest BCUT2D eigenvalue weighted by Gasteiger charge is -2.10. The molecule has 2 rings (SSSR count). The molecule has 4 N–H and O–H groups in total. The number of hydrogen-bond donors (Lipinski definition) is 3. The SMILES string of the molecule is CCc1ccc(S(=O)(=O)Nc2c(C)n[nH]c2C)cc1N. The Morgan fingerprint density at radius 1 is 1.35 bits per heavy atom. The fourth-order valence-corrected chi connectivity index (χ4v) is 3.17. The highest BCUT2D eigenvalue weighted by atomic mass is 32.2. The molecule has 0 saturated heterocycles. The van der Waals surface area contributed by atoms with Crippen molar-refractivity contribution in [2.75, 3.05) is 10.5 Å². The average molecular weight is 294 g/mol. The second kappa shape index (κ2) is 5.16. The summed E-state index contributed by atoms with van der Waals surface area (Å²) in [6, 6.07) is 4.77. The molecule has 0 fully saturated rings. The molecule has 0 saturated carbocycles. The first-order chi connectivity index (χ1) is 9.35. The minimum Gasteiger partial charge on any atom is -0.398 e. The number of anilines is 2. The molecule has 0 amide bonds. The smallest absolute Gasteiger partial charge is 0.262 e. The largest absolute Gasteiger partial charge is 0.398 e. The van der Waals surface area contributed by atoms with E-state index < -0.39 is 10.0 Å². The Morgan fingerprint density at radius 3 is 2.55 bits per heavy atom. The number of aromatic nitrogens is 2. The van der Waals surface area contributed by atoms with Gasteiger partial charge in [-0.05, 0) is 38.0 Å². The third kappa shape index (κ3) is 2.62. The quantitative estimate of drug-likeness (QED) is 0.750. The van der Waals surface area contributed by atoms with Crippen LogP contribution < -0.4 is 10.5 Å². The van der Waals surface area contributed by atoms with Gasteiger partial charge >= 0.3 is 0 Å². The number of aryl methyl sites for hydroxylation is 3. The molecule has 1 aromatic heterocycles. The number of nitrogens with two attached hydrogens (primary N) is 1. The minimum atomic E-state index is -3.67. The monoisotopic (exact) mass is 294 g/mol. The Balaban J connectivity index is 2.38. The lowest BCUT2D eigenvalue weighted by molar-refractivity contribution is 0.601. The van der Waals surface area contributed by atoms with E-state index in [0.29, 0.717) is 22.8 Å². The first-order valence-electron chi connectivity index (χ1n) is 6.28. The van der Waals surface area contributed by atoms with Gasteiger partial charge in [0, 0.05) is 5.69 Å². The predicted octanol–water partition coefficient (Wildman–Crippen LogP) is 1.97. The van der Waals surface area contributed by atoms with Crippen LogP contribution >= 0.6 is 0 Å². The number of aromatic amines is 1. The molecule has 108 valence electrons. The summed E-state index contributed by atoms with van der Waals surface area (Å²) in [4.78, 5) is 0.146. The fraction of sp³-hybridized carbons (Fsp3) is 0.308. The zero-order valence-corrected chi connectivity index (χ0v) is 12.5. The summed E-state index contributed by atoms with van der Waals surface area (Å²) >= 11 is 0. The summed E-state index contributed by atoms with van der Waals surface area (Å²) in [5.41, 5.74) is 9.01. The van der Waals surface area contributed by atoms with E-state index in [1.54, 1.807) is 26.0 Å². The third-order valence-electron chi connectivity index (χ3n) is 3.17. The normalized spacial score (nSPS) is 11.6. The lowest BCUT2D eigenvalue weighted by Crippen LogP contribution is -2.14. The molecule has 1 aromatic carbocycles. The molecule has 6 nitrogen and oxygen atoms in total. The van der Waals surface area contributed by atoms with Crippen molar-refractivity contribution in [2.24, 2.45) is 0 Å². The zero-order chi connectivity index (χ0) is 14.9. The Bertz CT molecular complexity index is 715. The van der Waals surface area contributed by atoms with Crippen LogP contribution in [0.25, 0.3) is 0 Å². The Kier molecular flexibility index (Phi) is 3.71. The number of nitrogens with one attached hydrogen (secondary N) is 2. The molecule has 0 aliphatic heterocycles. The summed E-state index contributed by atoms with van der Waals surface area (Å²) < 4.78 is 27.2. The third-order valence-corrected chi connectivity index (χ3v) is 4.52. The lowest BCUT2D eigenvalue weighted by atomic mass is 10.1. The van der Waals surface area contributed by atoms with Crippen LogP contribution in [0.4, 0.5) is 11.4 Å². The number of benzene rings is 1. The summed E-state index contributed by atoms with van der Waals surface area (Å²) in [6.45, 7) is 5.46. The van der Waals surface area contributed by atoms with E-state index in [1.807, 2.05) is 6.92 Å². The van der Waals surface area contributed by atoms with E-state index in [4.69, 9.17) is 5.73 Å². The number of nitrogen functional groups attached to an aromatic ring is 1. The Hall–Kier alpha value is -2.02. The van der Waals surface area contributed by atoms with Crippen molar-refractivity contribution in [1.82, 2.24) is 10.2 Å². The van der Waals surface area contributed by atoms with Crippen LogP contribution in [0, 0.1) is 13.8 Å². The number of hydrogen-bond acceptors (Lipinski definition) is 4. The standard InChI is InChI=1S/C13H18N4O2S/c1-4-10-5-6-11(7-12(10)14)20(18,19)17-13-8(2)15-16-9(13)3/h5-7,17H,4,14H2,1-3H3,(H,15,16). The van der Waals surface area contributed by atoms with Crippen LogP contribution in [-0.4, -0.2) is 18.6 Å². The maximum absolute atomic E-state index is 12.3. The number of sulfonamides is 1. The van der Waals surface area contributed by atoms with Crippen LogP contribution in [0.2, 0.25) is 0 Å². The zero-order valence-electron chi connectivity index (χ0n) is 11.7. The minimum absolute atomic E-state index is 0.146. The fourth-order valence-electron chi connectivity index (χ4n) is 1.96. The molecular formula is C13H18N4O2S. The van der Waals surface area contributed by atoms with Crippen molar-refractivity contribution in [3.63, 3.8) is 0 Å². The van der Waals surface area contributed by atoms with Gasteiger partial charge in [0.25, 0.3) is 10.0 Å². The molecule has 0 atom stereocenters. The van der Waals surface area contributed by atoms with Crippen LogP contribution in [0.15, 0.2) is 23.1 Å². The number of H-pyrrole nitrogens is 1. The van der Waals surface area contributed by atoms with E-state index in [1.165, 1.54) is 6.07 Å². The second-order valence-corrected chi connectivity index (χ2v) is 6.31. The van der Waals surface area contributed by atoms with Crippen molar-refractivity contribution < 1.29 is 8.42 Å².